The van der Waals surface area contributed by atoms with Gasteiger partial charge in [0.15, 0.2) is 11.6 Å². The summed E-state index contributed by atoms with van der Waals surface area (Å²) < 4.78 is 35.7. The molecule has 0 amide bonds. The Labute approximate surface area is 204 Å². The molecule has 7 heteroatoms. The number of halogens is 2. The zero-order chi connectivity index (χ0) is 24.9. The van der Waals surface area contributed by atoms with Crippen LogP contribution in [0.3, 0.4) is 0 Å². The van der Waals surface area contributed by atoms with Crippen LogP contribution in [0.15, 0.2) is 78.9 Å². The van der Waals surface area contributed by atoms with Crippen LogP contribution in [-0.2, 0) is 6.54 Å². The highest BCUT2D eigenvalue weighted by Crippen LogP contribution is 2.33. The zero-order valence-corrected chi connectivity index (χ0v) is 20.0. The Morgan fingerprint density at radius 2 is 1.63 bits per heavy atom. The summed E-state index contributed by atoms with van der Waals surface area (Å²) in [6.07, 6.45) is -0.679. The Morgan fingerprint density at radius 3 is 2.26 bits per heavy atom. The third-order valence-electron chi connectivity index (χ3n) is 5.92. The average Bonchev–Trinajstić information content (AvgIpc) is 3.16. The summed E-state index contributed by atoms with van der Waals surface area (Å²) in [6, 6.07) is 22.2. The van der Waals surface area contributed by atoms with Crippen LogP contribution in [0, 0.1) is 18.6 Å². The van der Waals surface area contributed by atoms with Crippen molar-refractivity contribution in [1.82, 2.24) is 14.7 Å². The number of ether oxygens (including phenoxy) is 1. The van der Waals surface area contributed by atoms with Gasteiger partial charge < -0.3 is 9.84 Å². The SMILES string of the molecule is Cc1nn(-c2ccccc2)c(Oc2ccc(F)cc2F)c1CN(CC(O)c1ccccc1)C(C)C. The average molecular weight is 478 g/mol. The summed E-state index contributed by atoms with van der Waals surface area (Å²) in [5.41, 5.74) is 3.05. The van der Waals surface area contributed by atoms with Gasteiger partial charge in [0, 0.05) is 25.2 Å². The van der Waals surface area contributed by atoms with E-state index in [1.807, 2.05) is 67.6 Å². The van der Waals surface area contributed by atoms with Crippen LogP contribution >= 0.6 is 0 Å². The first-order chi connectivity index (χ1) is 16.8. The number of para-hydroxylation sites is 1. The van der Waals surface area contributed by atoms with Crippen molar-refractivity contribution >= 4 is 0 Å². The molecule has 3 aromatic carbocycles. The molecule has 35 heavy (non-hydrogen) atoms. The van der Waals surface area contributed by atoms with Gasteiger partial charge in [0.05, 0.1) is 23.0 Å². The maximum absolute atomic E-state index is 14.5. The van der Waals surface area contributed by atoms with Crippen LogP contribution in [0.2, 0.25) is 0 Å². The molecule has 1 aromatic heterocycles. The molecule has 4 rings (SSSR count). The van der Waals surface area contributed by atoms with E-state index in [-0.39, 0.29) is 11.8 Å². The lowest BCUT2D eigenvalue weighted by atomic mass is 10.1. The summed E-state index contributed by atoms with van der Waals surface area (Å²) in [4.78, 5) is 2.12. The molecule has 0 spiro atoms. The molecule has 1 heterocycles. The number of rotatable bonds is 9. The van der Waals surface area contributed by atoms with Gasteiger partial charge >= 0.3 is 0 Å². The Bertz CT molecular complexity index is 1260. The van der Waals surface area contributed by atoms with E-state index in [4.69, 9.17) is 4.74 Å². The molecule has 4 aromatic rings. The first kappa shape index (κ1) is 24.6. The molecule has 1 N–H and O–H groups in total. The van der Waals surface area contributed by atoms with E-state index in [1.54, 1.807) is 4.68 Å². The Morgan fingerprint density at radius 1 is 0.971 bits per heavy atom. The number of hydrogen-bond acceptors (Lipinski definition) is 4. The van der Waals surface area contributed by atoms with Gasteiger partial charge in [-0.2, -0.15) is 5.10 Å². The minimum Gasteiger partial charge on any atom is -0.435 e. The van der Waals surface area contributed by atoms with E-state index in [0.717, 1.165) is 28.9 Å². The van der Waals surface area contributed by atoms with Gasteiger partial charge in [0.1, 0.15) is 5.82 Å². The number of hydrogen-bond donors (Lipinski definition) is 1. The van der Waals surface area contributed by atoms with E-state index in [9.17, 15) is 13.9 Å². The molecular weight excluding hydrogens is 448 g/mol. The molecule has 0 saturated heterocycles. The molecule has 1 atom stereocenters. The molecule has 5 nitrogen and oxygen atoms in total. The number of aromatic nitrogens is 2. The number of aryl methyl sites for hydroxylation is 1. The first-order valence-corrected chi connectivity index (χ1v) is 11.6. The lowest BCUT2D eigenvalue weighted by Gasteiger charge is -2.29. The fraction of sp³-hybridized carbons (Fsp3) is 0.250. The highest BCUT2D eigenvalue weighted by Gasteiger charge is 2.25. The summed E-state index contributed by atoms with van der Waals surface area (Å²) in [7, 11) is 0. The Balaban J connectivity index is 1.71. The lowest BCUT2D eigenvalue weighted by molar-refractivity contribution is 0.0902. The highest BCUT2D eigenvalue weighted by atomic mass is 19.1. The highest BCUT2D eigenvalue weighted by molar-refractivity contribution is 5.43. The topological polar surface area (TPSA) is 50.5 Å². The second-order valence-corrected chi connectivity index (χ2v) is 8.74. The van der Waals surface area contributed by atoms with Gasteiger partial charge in [-0.1, -0.05) is 48.5 Å². The molecule has 0 saturated carbocycles. The number of aliphatic hydroxyl groups excluding tert-OH is 1. The van der Waals surface area contributed by atoms with Gasteiger partial charge in [-0.05, 0) is 50.6 Å². The van der Waals surface area contributed by atoms with Gasteiger partial charge in [-0.15, -0.1) is 0 Å². The van der Waals surface area contributed by atoms with Crippen LogP contribution < -0.4 is 4.74 Å². The van der Waals surface area contributed by atoms with Crippen molar-refractivity contribution < 1.29 is 18.6 Å². The van der Waals surface area contributed by atoms with Gasteiger partial charge in [0.25, 0.3) is 0 Å². The lowest BCUT2D eigenvalue weighted by Crippen LogP contribution is -2.34. The number of aliphatic hydroxyl groups is 1. The van der Waals surface area contributed by atoms with Crippen molar-refractivity contribution in [2.45, 2.75) is 39.5 Å². The van der Waals surface area contributed by atoms with E-state index in [2.05, 4.69) is 23.8 Å². The fourth-order valence-corrected chi connectivity index (χ4v) is 3.90. The van der Waals surface area contributed by atoms with Crippen molar-refractivity contribution in [2.75, 3.05) is 6.54 Å². The third-order valence-corrected chi connectivity index (χ3v) is 5.92. The maximum Gasteiger partial charge on any atom is 0.227 e. The summed E-state index contributed by atoms with van der Waals surface area (Å²) in [5.74, 6) is -1.22. The second-order valence-electron chi connectivity index (χ2n) is 8.74. The van der Waals surface area contributed by atoms with Crippen molar-refractivity contribution in [3.8, 4) is 17.3 Å². The van der Waals surface area contributed by atoms with Crippen molar-refractivity contribution in [3.05, 3.63) is 107 Å². The summed E-state index contributed by atoms with van der Waals surface area (Å²) in [5, 5.41) is 15.5. The van der Waals surface area contributed by atoms with Gasteiger partial charge in [-0.25, -0.2) is 13.5 Å². The van der Waals surface area contributed by atoms with E-state index in [0.29, 0.717) is 24.7 Å². The van der Waals surface area contributed by atoms with Crippen LogP contribution in [0.25, 0.3) is 5.69 Å². The van der Waals surface area contributed by atoms with E-state index in [1.165, 1.54) is 6.07 Å². The van der Waals surface area contributed by atoms with E-state index < -0.39 is 17.7 Å². The first-order valence-electron chi connectivity index (χ1n) is 11.6. The van der Waals surface area contributed by atoms with Crippen molar-refractivity contribution in [3.63, 3.8) is 0 Å². The summed E-state index contributed by atoms with van der Waals surface area (Å²) in [6.45, 7) is 6.78. The molecule has 182 valence electrons. The molecule has 1 unspecified atom stereocenters. The monoisotopic (exact) mass is 477 g/mol. The molecular formula is C28H29F2N3O2. The van der Waals surface area contributed by atoms with E-state index >= 15 is 0 Å². The molecule has 0 fully saturated rings. The molecule has 0 bridgehead atoms. The van der Waals surface area contributed by atoms with Crippen LogP contribution in [0.5, 0.6) is 11.6 Å². The predicted octanol–water partition coefficient (Wildman–Crippen LogP) is 6.20. The zero-order valence-electron chi connectivity index (χ0n) is 20.0. The molecule has 0 aliphatic rings. The van der Waals surface area contributed by atoms with Crippen LogP contribution in [0.1, 0.15) is 36.8 Å². The smallest absolute Gasteiger partial charge is 0.227 e. The largest absolute Gasteiger partial charge is 0.435 e. The number of nitrogens with zero attached hydrogens (tertiary/aromatic N) is 3. The number of benzene rings is 3. The minimum atomic E-state index is -0.797. The summed E-state index contributed by atoms with van der Waals surface area (Å²) >= 11 is 0. The van der Waals surface area contributed by atoms with Crippen LogP contribution in [0.4, 0.5) is 8.78 Å². The Hall–Kier alpha value is -3.55. The second kappa shape index (κ2) is 10.8. The van der Waals surface area contributed by atoms with Crippen LogP contribution in [-0.4, -0.2) is 32.4 Å². The van der Waals surface area contributed by atoms with Crippen molar-refractivity contribution in [2.24, 2.45) is 0 Å². The minimum absolute atomic E-state index is 0.0925. The molecule has 0 radical (unpaired) electrons. The van der Waals surface area contributed by atoms with Gasteiger partial charge in [0.2, 0.25) is 5.88 Å². The van der Waals surface area contributed by atoms with Crippen molar-refractivity contribution in [1.29, 1.82) is 0 Å². The molecule has 0 aliphatic carbocycles. The van der Waals surface area contributed by atoms with Gasteiger partial charge in [-0.3, -0.25) is 4.90 Å². The quantitative estimate of drug-likeness (QED) is 0.312. The Kier molecular flexibility index (Phi) is 7.58. The third kappa shape index (κ3) is 5.75. The fourth-order valence-electron chi connectivity index (χ4n) is 3.90. The molecule has 0 aliphatic heterocycles. The predicted molar refractivity (Wildman–Crippen MR) is 132 cm³/mol. The standard InChI is InChI=1S/C28H29F2N3O2/c1-19(2)32(18-26(34)21-10-6-4-7-11-21)17-24-20(3)31-33(23-12-8-5-9-13-23)28(24)35-27-15-14-22(29)16-25(27)30/h4-16,19,26,34H,17-18H2,1-3H3. The maximum atomic E-state index is 14.5. The normalized spacial score (nSPS) is 12.3.